The molecule has 0 saturated heterocycles. The maximum absolute atomic E-state index is 13.6. The van der Waals surface area contributed by atoms with E-state index in [0.29, 0.717) is 5.56 Å². The van der Waals surface area contributed by atoms with Gasteiger partial charge >= 0.3 is 0 Å². The Kier molecular flexibility index (Phi) is 4.51. The third kappa shape index (κ3) is 3.23. The average molecular weight is 316 g/mol. The lowest BCUT2D eigenvalue weighted by Crippen LogP contribution is -2.26. The summed E-state index contributed by atoms with van der Waals surface area (Å²) in [5, 5.41) is 7.45. The molecule has 8 heteroatoms. The highest BCUT2D eigenvalue weighted by Gasteiger charge is 2.17. The lowest BCUT2D eigenvalue weighted by Gasteiger charge is -2.15. The van der Waals surface area contributed by atoms with Crippen LogP contribution in [0.25, 0.3) is 0 Å². The number of methoxy groups -OCH3 is 1. The Morgan fingerprint density at radius 1 is 1.50 bits per heavy atom. The maximum Gasteiger partial charge on any atom is 0.284 e. The predicted octanol–water partition coefficient (Wildman–Crippen LogP) is 2.61. The molecule has 1 heterocycles. The van der Waals surface area contributed by atoms with Crippen LogP contribution in [0.1, 0.15) is 15.4 Å². The Balaban J connectivity index is 2.09. The summed E-state index contributed by atoms with van der Waals surface area (Å²) in [6, 6.07) is 4.54. The summed E-state index contributed by atoms with van der Waals surface area (Å²) < 4.78 is 18.6. The van der Waals surface area contributed by atoms with E-state index in [1.807, 2.05) is 0 Å². The van der Waals surface area contributed by atoms with Gasteiger partial charge in [-0.2, -0.15) is 0 Å². The van der Waals surface area contributed by atoms with Gasteiger partial charge in [0.25, 0.3) is 5.91 Å². The molecule has 2 aromatic rings. The molecule has 5 nitrogen and oxygen atoms in total. The van der Waals surface area contributed by atoms with Gasteiger partial charge in [-0.3, -0.25) is 4.79 Å². The standard InChI is InChI=1S/C12H11ClFN3O2S/c1-17(11(18)10-15-16-12(13)20-10)6-7-3-4-9(19-2)8(14)5-7/h3-5H,6H2,1-2H3. The zero-order chi connectivity index (χ0) is 14.7. The van der Waals surface area contributed by atoms with E-state index in [1.165, 1.54) is 24.1 Å². The van der Waals surface area contributed by atoms with Crippen LogP contribution in [0.4, 0.5) is 4.39 Å². The van der Waals surface area contributed by atoms with Crippen molar-refractivity contribution in [1.82, 2.24) is 15.1 Å². The molecule has 0 bridgehead atoms. The van der Waals surface area contributed by atoms with Gasteiger partial charge in [-0.15, -0.1) is 10.2 Å². The number of ether oxygens (including phenoxy) is 1. The molecule has 0 unspecified atom stereocenters. The van der Waals surface area contributed by atoms with Crippen LogP contribution >= 0.6 is 22.9 Å². The van der Waals surface area contributed by atoms with Crippen LogP contribution in [0, 0.1) is 5.82 Å². The highest BCUT2D eigenvalue weighted by atomic mass is 35.5. The van der Waals surface area contributed by atoms with E-state index in [2.05, 4.69) is 10.2 Å². The van der Waals surface area contributed by atoms with E-state index in [0.717, 1.165) is 11.3 Å². The number of hydrogen-bond donors (Lipinski definition) is 0. The third-order valence-corrected chi connectivity index (χ3v) is 3.57. The van der Waals surface area contributed by atoms with Crippen molar-refractivity contribution in [1.29, 1.82) is 0 Å². The minimum atomic E-state index is -0.468. The predicted molar refractivity (Wildman–Crippen MR) is 73.7 cm³/mol. The maximum atomic E-state index is 13.6. The summed E-state index contributed by atoms with van der Waals surface area (Å²) in [5.41, 5.74) is 0.648. The van der Waals surface area contributed by atoms with E-state index in [1.54, 1.807) is 13.1 Å². The van der Waals surface area contributed by atoms with Gasteiger partial charge in [0.05, 0.1) is 7.11 Å². The molecule has 0 aliphatic heterocycles. The number of halogens is 2. The SMILES string of the molecule is COc1ccc(CN(C)C(=O)c2nnc(Cl)s2)cc1F. The molecule has 0 N–H and O–H groups in total. The summed E-state index contributed by atoms with van der Waals surface area (Å²) in [6.07, 6.45) is 0. The molecule has 1 aromatic carbocycles. The lowest BCUT2D eigenvalue weighted by atomic mass is 10.2. The topological polar surface area (TPSA) is 55.3 Å². The summed E-state index contributed by atoms with van der Waals surface area (Å²) >= 11 is 6.64. The number of amides is 1. The van der Waals surface area contributed by atoms with Gasteiger partial charge in [0.15, 0.2) is 11.6 Å². The molecule has 20 heavy (non-hydrogen) atoms. The second-order valence-electron chi connectivity index (χ2n) is 3.99. The Labute approximate surface area is 124 Å². The molecule has 0 spiro atoms. The molecule has 0 atom stereocenters. The molecular weight excluding hydrogens is 305 g/mol. The van der Waals surface area contributed by atoms with Crippen molar-refractivity contribution in [3.05, 3.63) is 39.1 Å². The molecule has 0 saturated carbocycles. The van der Waals surface area contributed by atoms with Crippen LogP contribution < -0.4 is 4.74 Å². The number of carbonyl (C=O) groups excluding carboxylic acids is 1. The minimum absolute atomic E-state index is 0.165. The van der Waals surface area contributed by atoms with Gasteiger partial charge in [-0.05, 0) is 29.3 Å². The summed E-state index contributed by atoms with van der Waals surface area (Å²) in [4.78, 5) is 13.4. The van der Waals surface area contributed by atoms with Crippen LogP contribution in [-0.4, -0.2) is 35.2 Å². The molecule has 0 aliphatic carbocycles. The van der Waals surface area contributed by atoms with Gasteiger partial charge in [-0.1, -0.05) is 17.4 Å². The molecule has 1 amide bonds. The fourth-order valence-corrected chi connectivity index (χ4v) is 2.43. The first kappa shape index (κ1) is 14.7. The number of carbonyl (C=O) groups is 1. The lowest BCUT2D eigenvalue weighted by molar-refractivity contribution is 0.0783. The van der Waals surface area contributed by atoms with E-state index >= 15 is 0 Å². The Morgan fingerprint density at radius 2 is 2.25 bits per heavy atom. The largest absolute Gasteiger partial charge is 0.494 e. The van der Waals surface area contributed by atoms with Crippen molar-refractivity contribution >= 4 is 28.8 Å². The fourth-order valence-electron chi connectivity index (χ4n) is 1.61. The van der Waals surface area contributed by atoms with Crippen molar-refractivity contribution in [2.75, 3.05) is 14.2 Å². The Hall–Kier alpha value is -1.73. The molecule has 106 valence electrons. The number of rotatable bonds is 4. The van der Waals surface area contributed by atoms with Crippen molar-refractivity contribution < 1.29 is 13.9 Å². The minimum Gasteiger partial charge on any atom is -0.494 e. The zero-order valence-electron chi connectivity index (χ0n) is 10.8. The highest BCUT2D eigenvalue weighted by Crippen LogP contribution is 2.20. The van der Waals surface area contributed by atoms with E-state index in [-0.39, 0.29) is 27.7 Å². The average Bonchev–Trinajstić information content (AvgIpc) is 2.84. The van der Waals surface area contributed by atoms with Crippen molar-refractivity contribution in [2.24, 2.45) is 0 Å². The molecular formula is C12H11ClFN3O2S. The van der Waals surface area contributed by atoms with Crippen LogP contribution in [0.15, 0.2) is 18.2 Å². The van der Waals surface area contributed by atoms with Gasteiger partial charge in [-0.25, -0.2) is 4.39 Å². The molecule has 1 aromatic heterocycles. The first-order valence-electron chi connectivity index (χ1n) is 5.58. The fraction of sp³-hybridized carbons (Fsp3) is 0.250. The normalized spacial score (nSPS) is 10.4. The first-order chi connectivity index (χ1) is 9.51. The number of nitrogens with zero attached hydrogens (tertiary/aromatic N) is 3. The molecule has 0 radical (unpaired) electrons. The van der Waals surface area contributed by atoms with Gasteiger partial charge < -0.3 is 9.64 Å². The van der Waals surface area contributed by atoms with Crippen LogP contribution in [-0.2, 0) is 6.54 Å². The summed E-state index contributed by atoms with van der Waals surface area (Å²) in [7, 11) is 2.99. The van der Waals surface area contributed by atoms with Gasteiger partial charge in [0.2, 0.25) is 9.47 Å². The van der Waals surface area contributed by atoms with Gasteiger partial charge in [0, 0.05) is 13.6 Å². The zero-order valence-corrected chi connectivity index (χ0v) is 12.3. The van der Waals surface area contributed by atoms with E-state index in [9.17, 15) is 9.18 Å². The van der Waals surface area contributed by atoms with E-state index in [4.69, 9.17) is 16.3 Å². The first-order valence-corrected chi connectivity index (χ1v) is 6.77. The highest BCUT2D eigenvalue weighted by molar-refractivity contribution is 7.17. The quantitative estimate of drug-likeness (QED) is 0.870. The second kappa shape index (κ2) is 6.15. The summed E-state index contributed by atoms with van der Waals surface area (Å²) in [5.74, 6) is -0.617. The summed E-state index contributed by atoms with van der Waals surface area (Å²) in [6.45, 7) is 0.247. The van der Waals surface area contributed by atoms with Crippen LogP contribution in [0.2, 0.25) is 4.47 Å². The third-order valence-electron chi connectivity index (χ3n) is 2.57. The van der Waals surface area contributed by atoms with Crippen LogP contribution in [0.5, 0.6) is 5.75 Å². The van der Waals surface area contributed by atoms with Crippen molar-refractivity contribution in [2.45, 2.75) is 6.54 Å². The molecule has 0 fully saturated rings. The molecule has 0 aliphatic rings. The van der Waals surface area contributed by atoms with Crippen LogP contribution in [0.3, 0.4) is 0 Å². The Bertz CT molecular complexity index is 635. The smallest absolute Gasteiger partial charge is 0.284 e. The Morgan fingerprint density at radius 3 is 2.80 bits per heavy atom. The second-order valence-corrected chi connectivity index (χ2v) is 5.55. The number of benzene rings is 1. The molecule has 2 rings (SSSR count). The van der Waals surface area contributed by atoms with Crippen molar-refractivity contribution in [3.8, 4) is 5.75 Å². The van der Waals surface area contributed by atoms with Crippen molar-refractivity contribution in [3.63, 3.8) is 0 Å². The van der Waals surface area contributed by atoms with Gasteiger partial charge in [0.1, 0.15) is 0 Å². The number of hydrogen-bond acceptors (Lipinski definition) is 5. The van der Waals surface area contributed by atoms with E-state index < -0.39 is 5.82 Å². The number of aromatic nitrogens is 2. The monoisotopic (exact) mass is 315 g/mol.